The Morgan fingerprint density at radius 2 is 0.953 bits per heavy atom. The summed E-state index contributed by atoms with van der Waals surface area (Å²) < 4.78 is 92.2. The third kappa shape index (κ3) is 10.3. The third-order valence-electron chi connectivity index (χ3n) is 4.93. The number of carbonyl (C=O) groups excluding carboxylic acids is 4. The van der Waals surface area contributed by atoms with Gasteiger partial charge in [0.2, 0.25) is 0 Å². The number of esters is 4. The largest absolute Gasteiger partial charge is 0.459 e. The van der Waals surface area contributed by atoms with Gasteiger partial charge < -0.3 is 23.7 Å². The molecular formula is C26H26O15S2. The molecule has 0 atom stereocenters. The molecule has 17 heteroatoms. The van der Waals surface area contributed by atoms with Gasteiger partial charge in [-0.2, -0.15) is 16.8 Å². The van der Waals surface area contributed by atoms with Crippen LogP contribution in [0.15, 0.2) is 70.5 Å². The first-order chi connectivity index (χ1) is 19.9. The van der Waals surface area contributed by atoms with E-state index < -0.39 is 78.6 Å². The number of hydrogen-bond acceptors (Lipinski definition) is 13. The first-order valence-electron chi connectivity index (χ1n) is 11.8. The fourth-order valence-corrected chi connectivity index (χ4v) is 4.19. The van der Waals surface area contributed by atoms with Crippen LogP contribution >= 0.6 is 0 Å². The quantitative estimate of drug-likeness (QED) is 0.0993. The minimum Gasteiger partial charge on any atom is -0.459 e. The number of carbonyl (C=O) groups is 4. The lowest BCUT2D eigenvalue weighted by Crippen LogP contribution is -2.15. The molecule has 0 aliphatic heterocycles. The van der Waals surface area contributed by atoms with Crippen LogP contribution in [0.5, 0.6) is 11.5 Å². The molecule has 2 rings (SSSR count). The minimum absolute atomic E-state index is 0.116. The van der Waals surface area contributed by atoms with Crippen molar-refractivity contribution in [1.29, 1.82) is 0 Å². The molecule has 0 unspecified atom stereocenters. The zero-order chi connectivity index (χ0) is 32.5. The normalized spacial score (nSPS) is 11.2. The van der Waals surface area contributed by atoms with Gasteiger partial charge in [-0.05, 0) is 50.2 Å². The van der Waals surface area contributed by atoms with Gasteiger partial charge >= 0.3 is 23.9 Å². The van der Waals surface area contributed by atoms with Crippen molar-refractivity contribution in [3.8, 4) is 11.5 Å². The second-order valence-electron chi connectivity index (χ2n) is 8.48. The lowest BCUT2D eigenvalue weighted by molar-refractivity contribution is -0.140. The van der Waals surface area contributed by atoms with Crippen molar-refractivity contribution in [2.24, 2.45) is 0 Å². The highest BCUT2D eigenvalue weighted by Gasteiger charge is 2.25. The molecule has 0 aliphatic rings. The average Bonchev–Trinajstić information content (AvgIpc) is 2.91. The van der Waals surface area contributed by atoms with Crippen LogP contribution in [0.25, 0.3) is 0 Å². The first kappa shape index (κ1) is 34.6. The van der Waals surface area contributed by atoms with E-state index >= 15 is 0 Å². The van der Waals surface area contributed by atoms with Gasteiger partial charge in [0.1, 0.15) is 47.7 Å². The summed E-state index contributed by atoms with van der Waals surface area (Å²) in [6, 6.07) is 5.17. The van der Waals surface area contributed by atoms with Crippen molar-refractivity contribution in [3.63, 3.8) is 0 Å². The van der Waals surface area contributed by atoms with Crippen LogP contribution in [0.3, 0.4) is 0 Å². The molecule has 43 heavy (non-hydrogen) atoms. The zero-order valence-electron chi connectivity index (χ0n) is 22.7. The van der Waals surface area contributed by atoms with E-state index in [1.165, 1.54) is 13.8 Å². The fraction of sp³-hybridized carbons (Fsp3) is 0.231. The van der Waals surface area contributed by atoms with Gasteiger partial charge in [-0.15, -0.1) is 0 Å². The van der Waals surface area contributed by atoms with Crippen molar-refractivity contribution in [1.82, 2.24) is 0 Å². The van der Waals surface area contributed by atoms with Crippen LogP contribution in [-0.4, -0.2) is 76.2 Å². The molecule has 232 valence electrons. The molecule has 0 aliphatic carbocycles. The van der Waals surface area contributed by atoms with Crippen molar-refractivity contribution < 1.29 is 68.8 Å². The van der Waals surface area contributed by atoms with Gasteiger partial charge in [-0.1, -0.05) is 13.2 Å². The average molecular weight is 643 g/mol. The highest BCUT2D eigenvalue weighted by molar-refractivity contribution is 7.86. The summed E-state index contributed by atoms with van der Waals surface area (Å²) in [6.07, 6.45) is 0. The second-order valence-corrected chi connectivity index (χ2v) is 11.3. The van der Waals surface area contributed by atoms with Crippen LogP contribution < -0.4 is 4.74 Å². The summed E-state index contributed by atoms with van der Waals surface area (Å²) in [5.74, 6) is -4.93. The van der Waals surface area contributed by atoms with Crippen LogP contribution in [-0.2, 0) is 48.8 Å². The first-order valence-corrected chi connectivity index (χ1v) is 14.7. The summed E-state index contributed by atoms with van der Waals surface area (Å²) >= 11 is 0. The Morgan fingerprint density at radius 1 is 0.628 bits per heavy atom. The standard InChI is InChI=1S/C26H26O15S2/c1-15(2)23(27)37-9-11-39-25(29)17-5-7-19(21(13-17)42(31,32)33)41-20-8-6-18(14-22(20)43(34,35)36)26(30)40-12-10-38-24(28)16(3)4/h5-8,13-14H,1,3,9-12H2,2,4H3,(H,31,32,33)(H,34,35,36). The summed E-state index contributed by atoms with van der Waals surface area (Å²) in [5.41, 5.74) is -0.531. The molecule has 2 aromatic carbocycles. The summed E-state index contributed by atoms with van der Waals surface area (Å²) in [6.45, 7) is 8.13. The molecule has 0 saturated heterocycles. The highest BCUT2D eigenvalue weighted by atomic mass is 32.2. The smallest absolute Gasteiger partial charge is 0.338 e. The molecule has 0 saturated carbocycles. The van der Waals surface area contributed by atoms with E-state index in [2.05, 4.69) is 13.2 Å². The van der Waals surface area contributed by atoms with Crippen LogP contribution in [0, 0.1) is 0 Å². The Hall–Kier alpha value is -4.58. The number of rotatable bonds is 14. The van der Waals surface area contributed by atoms with Crippen LogP contribution in [0.4, 0.5) is 0 Å². The van der Waals surface area contributed by atoms with E-state index in [1.807, 2.05) is 0 Å². The van der Waals surface area contributed by atoms with Crippen molar-refractivity contribution in [2.75, 3.05) is 26.4 Å². The molecule has 0 heterocycles. The maximum atomic E-state index is 12.3. The van der Waals surface area contributed by atoms with E-state index in [9.17, 15) is 45.1 Å². The Bertz CT molecular complexity index is 1550. The predicted octanol–water partition coefficient (Wildman–Crippen LogP) is 2.52. The topological polar surface area (TPSA) is 223 Å². The Morgan fingerprint density at radius 3 is 1.26 bits per heavy atom. The van der Waals surface area contributed by atoms with Crippen LogP contribution in [0.2, 0.25) is 0 Å². The number of hydrogen-bond donors (Lipinski definition) is 2. The summed E-state index contributed by atoms with van der Waals surface area (Å²) in [4.78, 5) is 45.4. The predicted molar refractivity (Wildman–Crippen MR) is 145 cm³/mol. The summed E-state index contributed by atoms with van der Waals surface area (Å²) in [5, 5.41) is 0. The molecule has 0 amide bonds. The molecule has 15 nitrogen and oxygen atoms in total. The monoisotopic (exact) mass is 642 g/mol. The van der Waals surface area contributed by atoms with E-state index in [-0.39, 0.29) is 35.5 Å². The molecular weight excluding hydrogens is 616 g/mol. The van der Waals surface area contributed by atoms with E-state index in [0.29, 0.717) is 12.1 Å². The molecule has 0 radical (unpaired) electrons. The lowest BCUT2D eigenvalue weighted by atomic mass is 10.2. The van der Waals surface area contributed by atoms with Gasteiger partial charge in [0, 0.05) is 11.1 Å². The van der Waals surface area contributed by atoms with E-state index in [4.69, 9.17) is 23.7 Å². The molecule has 0 aromatic heterocycles. The maximum absolute atomic E-state index is 12.3. The minimum atomic E-state index is -5.09. The van der Waals surface area contributed by atoms with Gasteiger partial charge in [-0.25, -0.2) is 19.2 Å². The Balaban J connectivity index is 2.27. The van der Waals surface area contributed by atoms with Gasteiger partial charge in [0.05, 0.1) is 11.1 Å². The maximum Gasteiger partial charge on any atom is 0.338 e. The van der Waals surface area contributed by atoms with E-state index in [1.54, 1.807) is 0 Å². The van der Waals surface area contributed by atoms with Crippen molar-refractivity contribution >= 4 is 44.1 Å². The number of ether oxygens (including phenoxy) is 5. The Labute approximate surface area is 246 Å². The summed E-state index contributed by atoms with van der Waals surface area (Å²) in [7, 11) is -10.2. The fourth-order valence-electron chi connectivity index (χ4n) is 2.91. The number of benzene rings is 2. The van der Waals surface area contributed by atoms with Gasteiger partial charge in [0.15, 0.2) is 0 Å². The van der Waals surface area contributed by atoms with Gasteiger partial charge in [-0.3, -0.25) is 9.11 Å². The molecule has 2 N–H and O–H groups in total. The van der Waals surface area contributed by atoms with E-state index in [0.717, 1.165) is 24.3 Å². The Kier molecular flexibility index (Phi) is 11.7. The van der Waals surface area contributed by atoms with Gasteiger partial charge in [0.25, 0.3) is 20.2 Å². The van der Waals surface area contributed by atoms with Crippen molar-refractivity contribution in [2.45, 2.75) is 23.6 Å². The third-order valence-corrected chi connectivity index (χ3v) is 6.68. The highest BCUT2D eigenvalue weighted by Crippen LogP contribution is 2.34. The van der Waals surface area contributed by atoms with Crippen molar-refractivity contribution in [3.05, 3.63) is 71.8 Å². The molecule has 2 aromatic rings. The SMILES string of the molecule is C=C(C)C(=O)OCCOC(=O)c1ccc(Oc2ccc(C(=O)OCCOC(=O)C(=C)C)cc2S(=O)(=O)O)c(S(=O)(=O)O)c1. The zero-order valence-corrected chi connectivity index (χ0v) is 24.4. The molecule has 0 fully saturated rings. The lowest BCUT2D eigenvalue weighted by Gasteiger charge is -2.14. The molecule has 0 spiro atoms. The molecule has 0 bridgehead atoms. The van der Waals surface area contributed by atoms with Crippen LogP contribution in [0.1, 0.15) is 34.6 Å². The second kappa shape index (κ2) is 14.5.